The molecule has 11 atom stereocenters. The summed E-state index contributed by atoms with van der Waals surface area (Å²) < 4.78 is 0. The number of fused-ring (bicyclic) bond motifs is 7. The Morgan fingerprint density at radius 1 is 1.12 bits per heavy atom. The number of hydrogen-bond acceptors (Lipinski definition) is 4. The van der Waals surface area contributed by atoms with E-state index in [1.807, 2.05) is 13.0 Å². The summed E-state index contributed by atoms with van der Waals surface area (Å²) in [6.45, 7) is 8.90. The number of aliphatic hydroxyl groups is 1. The number of carbonyl (C=O) groups excluding carboxylic acids is 2. The van der Waals surface area contributed by atoms with Crippen molar-refractivity contribution in [2.45, 2.75) is 85.2 Å². The molecule has 11 unspecified atom stereocenters. The van der Waals surface area contributed by atoms with E-state index in [0.717, 1.165) is 44.9 Å². The van der Waals surface area contributed by atoms with Crippen LogP contribution >= 0.6 is 11.6 Å². The highest BCUT2D eigenvalue weighted by molar-refractivity contribution is 6.18. The number of Topliss-reactive ketones (excluding diaryl/α,β-unsaturated/α-hetero) is 2. The third-order valence-corrected chi connectivity index (χ3v) is 12.2. The molecular formula is C29H40ClNO3. The van der Waals surface area contributed by atoms with Crippen LogP contribution in [0, 0.1) is 69.0 Å². The highest BCUT2D eigenvalue weighted by atomic mass is 35.5. The molecule has 5 aliphatic rings. The van der Waals surface area contributed by atoms with Crippen LogP contribution in [0.25, 0.3) is 0 Å². The third-order valence-electron chi connectivity index (χ3n) is 11.9. The number of aliphatic hydroxyl groups excluding tert-OH is 1. The monoisotopic (exact) mass is 485 g/mol. The van der Waals surface area contributed by atoms with Crippen molar-refractivity contribution in [3.8, 4) is 6.07 Å². The molecule has 0 saturated heterocycles. The molecule has 0 amide bonds. The highest BCUT2D eigenvalue weighted by Crippen LogP contribution is 2.70. The van der Waals surface area contributed by atoms with E-state index in [-0.39, 0.29) is 57.5 Å². The average Bonchev–Trinajstić information content (AvgIpc) is 2.82. The van der Waals surface area contributed by atoms with E-state index < -0.39 is 6.10 Å². The Morgan fingerprint density at radius 3 is 2.47 bits per heavy atom. The van der Waals surface area contributed by atoms with Crippen LogP contribution in [0.3, 0.4) is 0 Å². The third kappa shape index (κ3) is 3.11. The van der Waals surface area contributed by atoms with Gasteiger partial charge in [0.15, 0.2) is 5.78 Å². The lowest BCUT2D eigenvalue weighted by atomic mass is 9.36. The van der Waals surface area contributed by atoms with Gasteiger partial charge in [0.25, 0.3) is 0 Å². The van der Waals surface area contributed by atoms with Crippen molar-refractivity contribution in [1.29, 1.82) is 5.26 Å². The topological polar surface area (TPSA) is 78.2 Å². The minimum absolute atomic E-state index is 0.000236. The zero-order chi connectivity index (χ0) is 24.6. The first-order chi connectivity index (χ1) is 16.0. The first-order valence-corrected chi connectivity index (χ1v) is 14.0. The molecule has 0 aromatic rings. The van der Waals surface area contributed by atoms with E-state index in [2.05, 4.69) is 26.8 Å². The number of nitriles is 1. The van der Waals surface area contributed by atoms with Crippen molar-refractivity contribution in [2.75, 3.05) is 5.88 Å². The Kier molecular flexibility index (Phi) is 5.89. The molecule has 0 heterocycles. The summed E-state index contributed by atoms with van der Waals surface area (Å²) in [5.41, 5.74) is -0.246. The molecule has 34 heavy (non-hydrogen) atoms. The molecular weight excluding hydrogens is 446 g/mol. The second-order valence-corrected chi connectivity index (χ2v) is 13.4. The van der Waals surface area contributed by atoms with Crippen LogP contribution in [0.15, 0.2) is 11.6 Å². The van der Waals surface area contributed by atoms with Crippen LogP contribution < -0.4 is 0 Å². The van der Waals surface area contributed by atoms with Gasteiger partial charge in [0.1, 0.15) is 11.9 Å². The van der Waals surface area contributed by atoms with Gasteiger partial charge in [-0.15, -0.1) is 11.6 Å². The number of halogens is 1. The van der Waals surface area contributed by atoms with Crippen molar-refractivity contribution in [3.63, 3.8) is 0 Å². The van der Waals surface area contributed by atoms with E-state index in [0.29, 0.717) is 29.6 Å². The fraction of sp³-hybridized carbons (Fsp3) is 0.828. The van der Waals surface area contributed by atoms with Gasteiger partial charge in [-0.25, -0.2) is 0 Å². The Balaban J connectivity index is 1.57. The lowest BCUT2D eigenvalue weighted by Crippen LogP contribution is -2.64. The van der Waals surface area contributed by atoms with Crippen LogP contribution in [0.2, 0.25) is 0 Å². The van der Waals surface area contributed by atoms with Crippen LogP contribution in [0.5, 0.6) is 0 Å². The Labute approximate surface area is 209 Å². The van der Waals surface area contributed by atoms with Crippen LogP contribution in [-0.4, -0.2) is 28.7 Å². The molecule has 4 nitrogen and oxygen atoms in total. The molecule has 5 rings (SSSR count). The van der Waals surface area contributed by atoms with Crippen LogP contribution in [-0.2, 0) is 9.59 Å². The summed E-state index contributed by atoms with van der Waals surface area (Å²) in [6.07, 6.45) is 8.93. The molecule has 1 N–H and O–H groups in total. The van der Waals surface area contributed by atoms with Gasteiger partial charge in [-0.2, -0.15) is 5.26 Å². The lowest BCUT2D eigenvalue weighted by Gasteiger charge is -2.67. The number of allylic oxidation sites excluding steroid dienone is 2. The Hall–Kier alpha value is -1.18. The molecule has 0 spiro atoms. The fourth-order valence-corrected chi connectivity index (χ4v) is 10.5. The quantitative estimate of drug-likeness (QED) is 0.507. The molecule has 0 aromatic carbocycles. The molecule has 5 heteroatoms. The molecule has 0 aliphatic heterocycles. The first-order valence-electron chi connectivity index (χ1n) is 13.5. The summed E-state index contributed by atoms with van der Waals surface area (Å²) >= 11 is 6.24. The second-order valence-electron chi connectivity index (χ2n) is 13.1. The summed E-state index contributed by atoms with van der Waals surface area (Å²) in [6, 6.07) is 2.17. The second kappa shape index (κ2) is 8.17. The average molecular weight is 486 g/mol. The zero-order valence-corrected chi connectivity index (χ0v) is 21.9. The first kappa shape index (κ1) is 24.5. The molecule has 5 aliphatic carbocycles. The minimum atomic E-state index is -0.550. The van der Waals surface area contributed by atoms with Gasteiger partial charge >= 0.3 is 0 Å². The summed E-state index contributed by atoms with van der Waals surface area (Å²) in [4.78, 5) is 26.9. The van der Waals surface area contributed by atoms with E-state index in [4.69, 9.17) is 11.6 Å². The number of rotatable bonds is 2. The number of nitrogens with zero attached hydrogens (tertiary/aromatic N) is 1. The highest BCUT2D eigenvalue weighted by Gasteiger charge is 2.67. The number of hydrogen-bond donors (Lipinski definition) is 1. The van der Waals surface area contributed by atoms with Gasteiger partial charge < -0.3 is 5.11 Å². The summed E-state index contributed by atoms with van der Waals surface area (Å²) in [7, 11) is 0. The van der Waals surface area contributed by atoms with Gasteiger partial charge in [-0.1, -0.05) is 40.2 Å². The van der Waals surface area contributed by atoms with Crippen molar-refractivity contribution in [1.82, 2.24) is 0 Å². The van der Waals surface area contributed by atoms with E-state index in [1.165, 1.54) is 0 Å². The molecule has 0 radical (unpaired) electrons. The number of alkyl halides is 1. The lowest BCUT2D eigenvalue weighted by molar-refractivity contribution is -0.193. The molecule has 4 saturated carbocycles. The normalized spacial score (nSPS) is 51.2. The largest absolute Gasteiger partial charge is 0.391 e. The predicted octanol–water partition coefficient (Wildman–Crippen LogP) is 5.72. The minimum Gasteiger partial charge on any atom is -0.391 e. The van der Waals surface area contributed by atoms with Crippen molar-refractivity contribution in [2.24, 2.45) is 57.7 Å². The summed E-state index contributed by atoms with van der Waals surface area (Å²) in [5, 5.41) is 20.8. The SMILES string of the molecule is CC1CCC2(C(O)CCl)CCC3C(C(=O)CC4C5(C)C=C(C#N)C(=O)C(C)C5CCC34C)C2C1. The van der Waals surface area contributed by atoms with Gasteiger partial charge in [-0.3, -0.25) is 9.59 Å². The van der Waals surface area contributed by atoms with Gasteiger partial charge in [-0.05, 0) is 78.9 Å². The maximum absolute atomic E-state index is 14.1. The summed E-state index contributed by atoms with van der Waals surface area (Å²) in [5.74, 6) is 1.81. The maximum atomic E-state index is 14.1. The van der Waals surface area contributed by atoms with Gasteiger partial charge in [0.2, 0.25) is 0 Å². The van der Waals surface area contributed by atoms with Gasteiger partial charge in [0.05, 0.1) is 11.7 Å². The van der Waals surface area contributed by atoms with Gasteiger partial charge in [0, 0.05) is 29.6 Å². The molecule has 0 bridgehead atoms. The van der Waals surface area contributed by atoms with Crippen molar-refractivity contribution < 1.29 is 14.7 Å². The Bertz CT molecular complexity index is 969. The smallest absolute Gasteiger partial charge is 0.176 e. The number of carbonyl (C=O) groups is 2. The van der Waals surface area contributed by atoms with E-state index in [9.17, 15) is 20.0 Å². The molecule has 0 aromatic heterocycles. The maximum Gasteiger partial charge on any atom is 0.176 e. The Morgan fingerprint density at radius 2 is 1.79 bits per heavy atom. The van der Waals surface area contributed by atoms with Crippen molar-refractivity contribution in [3.05, 3.63) is 11.6 Å². The standard InChI is InChI=1S/C29H40ClNO3/c1-16-5-9-29(24(33)14-30)10-7-20-25(21(29)11-16)22(32)12-23-27(20,3)8-6-19-17(2)26(34)18(15-31)13-28(19,23)4/h13,16-17,19-21,23-25,33H,5-12,14H2,1-4H3. The van der Waals surface area contributed by atoms with E-state index in [1.54, 1.807) is 0 Å². The van der Waals surface area contributed by atoms with Crippen molar-refractivity contribution >= 4 is 23.2 Å². The van der Waals surface area contributed by atoms with Crippen LogP contribution in [0.1, 0.15) is 79.1 Å². The van der Waals surface area contributed by atoms with Crippen LogP contribution in [0.4, 0.5) is 0 Å². The zero-order valence-electron chi connectivity index (χ0n) is 21.1. The van der Waals surface area contributed by atoms with E-state index >= 15 is 0 Å². The predicted molar refractivity (Wildman–Crippen MR) is 132 cm³/mol. The molecule has 186 valence electrons. The number of ketones is 2. The molecule has 4 fully saturated rings. The fourth-order valence-electron chi connectivity index (χ4n) is 10.2.